The van der Waals surface area contributed by atoms with Gasteiger partial charge >= 0.3 is 0 Å². The Kier molecular flexibility index (Phi) is 7.39. The quantitative estimate of drug-likeness (QED) is 0.287. The van der Waals surface area contributed by atoms with E-state index in [0.717, 1.165) is 24.6 Å². The predicted molar refractivity (Wildman–Crippen MR) is 132 cm³/mol. The molecule has 0 spiro atoms. The van der Waals surface area contributed by atoms with Crippen LogP contribution < -0.4 is 10.1 Å². The maximum Gasteiger partial charge on any atom is 0.289 e. The highest BCUT2D eigenvalue weighted by molar-refractivity contribution is 6.76. The Morgan fingerprint density at radius 3 is 2.68 bits per heavy atom. The number of nitrogens with one attached hydrogen (secondary N) is 1. The second-order valence-corrected chi connectivity index (χ2v) is 15.2. The number of hydrogen-bond acceptors (Lipinski definition) is 6. The van der Waals surface area contributed by atoms with Crippen LogP contribution in [0.15, 0.2) is 35.6 Å². The number of aromatic nitrogens is 2. The van der Waals surface area contributed by atoms with Gasteiger partial charge in [-0.2, -0.15) is 0 Å². The zero-order chi connectivity index (χ0) is 24.3. The molecule has 182 valence electrons. The third-order valence-corrected chi connectivity index (χ3v) is 7.15. The minimum Gasteiger partial charge on any atom is -0.465 e. The van der Waals surface area contributed by atoms with Crippen LogP contribution in [0.3, 0.4) is 0 Å². The number of pyridine rings is 1. The van der Waals surface area contributed by atoms with Crippen LogP contribution in [0.25, 0.3) is 11.0 Å². The van der Waals surface area contributed by atoms with Crippen LogP contribution in [-0.4, -0.2) is 43.4 Å². The van der Waals surface area contributed by atoms with E-state index >= 15 is 0 Å². The number of ether oxygens (including phenoxy) is 3. The molecule has 0 bridgehead atoms. The Labute approximate surface area is 202 Å². The second-order valence-electron chi connectivity index (χ2n) is 9.19. The van der Waals surface area contributed by atoms with Crippen molar-refractivity contribution in [2.45, 2.75) is 38.8 Å². The third kappa shape index (κ3) is 5.86. The Balaban J connectivity index is 1.54. The molecule has 3 heterocycles. The number of anilines is 1. The summed E-state index contributed by atoms with van der Waals surface area (Å²) in [4.78, 5) is 8.49. The first-order valence-electron chi connectivity index (χ1n) is 11.0. The van der Waals surface area contributed by atoms with E-state index in [0.29, 0.717) is 35.8 Å². The van der Waals surface area contributed by atoms with Crippen molar-refractivity contribution in [3.8, 4) is 11.5 Å². The van der Waals surface area contributed by atoms with Crippen LogP contribution >= 0.6 is 11.6 Å². The topological polar surface area (TPSA) is 69.9 Å². The van der Waals surface area contributed by atoms with Crippen LogP contribution in [0.5, 0.6) is 11.5 Å². The summed E-state index contributed by atoms with van der Waals surface area (Å²) in [6.45, 7) is 8.83. The average Bonchev–Trinajstić information content (AvgIpc) is 3.10. The summed E-state index contributed by atoms with van der Waals surface area (Å²) in [5.41, 5.74) is 0.671. The van der Waals surface area contributed by atoms with E-state index in [9.17, 15) is 8.78 Å². The zero-order valence-corrected chi connectivity index (χ0v) is 21.1. The molecule has 7 nitrogen and oxygen atoms in total. The van der Waals surface area contributed by atoms with Crippen molar-refractivity contribution in [2.24, 2.45) is 4.99 Å². The standard InChI is InChI=1S/C23H27ClF2N4O3Si/c1-34(2,3)10-9-31-14-30-13-16(24)20-19(5-7-27-22(20)30)33-21-17(25)11-15(12-18(21)26)29-23-28-6-4-8-32-23/h5,7,11-13H,4,6,8-10,14H2,1-3H3,(H,28,29). The maximum absolute atomic E-state index is 14.8. The number of benzene rings is 1. The molecule has 0 amide bonds. The number of halogens is 3. The normalized spacial score (nSPS) is 14.1. The molecule has 0 atom stereocenters. The summed E-state index contributed by atoms with van der Waals surface area (Å²) < 4.78 is 48.1. The first-order valence-corrected chi connectivity index (χ1v) is 15.1. The Morgan fingerprint density at radius 2 is 2.00 bits per heavy atom. The Bertz CT molecular complexity index is 1190. The highest BCUT2D eigenvalue weighted by Crippen LogP contribution is 2.37. The molecule has 1 aliphatic rings. The second kappa shape index (κ2) is 10.3. The lowest BCUT2D eigenvalue weighted by Crippen LogP contribution is -2.22. The van der Waals surface area contributed by atoms with Gasteiger partial charge in [-0.1, -0.05) is 31.2 Å². The highest BCUT2D eigenvalue weighted by Gasteiger charge is 2.20. The summed E-state index contributed by atoms with van der Waals surface area (Å²) in [7, 11) is -1.21. The third-order valence-electron chi connectivity index (χ3n) is 5.16. The van der Waals surface area contributed by atoms with Crippen molar-refractivity contribution in [1.29, 1.82) is 0 Å². The lowest BCUT2D eigenvalue weighted by atomic mass is 10.2. The van der Waals surface area contributed by atoms with Crippen molar-refractivity contribution in [3.05, 3.63) is 47.2 Å². The van der Waals surface area contributed by atoms with Crippen molar-refractivity contribution in [1.82, 2.24) is 9.55 Å². The van der Waals surface area contributed by atoms with Crippen molar-refractivity contribution in [3.63, 3.8) is 0 Å². The number of nitrogens with zero attached hydrogens (tertiary/aromatic N) is 3. The molecule has 2 aromatic heterocycles. The van der Waals surface area contributed by atoms with Crippen molar-refractivity contribution < 1.29 is 23.0 Å². The molecule has 1 N–H and O–H groups in total. The van der Waals surface area contributed by atoms with Crippen LogP contribution in [-0.2, 0) is 16.2 Å². The van der Waals surface area contributed by atoms with E-state index < -0.39 is 25.5 Å². The van der Waals surface area contributed by atoms with Gasteiger partial charge in [0, 0.05) is 57.9 Å². The summed E-state index contributed by atoms with van der Waals surface area (Å²) in [5, 5.41) is 3.57. The van der Waals surface area contributed by atoms with E-state index in [1.54, 1.807) is 10.8 Å². The summed E-state index contributed by atoms with van der Waals surface area (Å²) in [6.07, 6.45) is 3.97. The minimum absolute atomic E-state index is 0.169. The van der Waals surface area contributed by atoms with Crippen molar-refractivity contribution in [2.75, 3.05) is 25.1 Å². The fourth-order valence-corrected chi connectivity index (χ4v) is 4.41. The Hall–Kier alpha value is -2.69. The zero-order valence-electron chi connectivity index (χ0n) is 19.3. The number of hydrogen-bond donors (Lipinski definition) is 1. The minimum atomic E-state index is -1.21. The molecule has 11 heteroatoms. The van der Waals surface area contributed by atoms with Gasteiger partial charge in [-0.05, 0) is 12.1 Å². The number of aliphatic imine (C=N–C) groups is 1. The molecule has 0 aliphatic carbocycles. The lowest BCUT2D eigenvalue weighted by molar-refractivity contribution is 0.0899. The van der Waals surface area contributed by atoms with Gasteiger partial charge in [0.2, 0.25) is 0 Å². The number of fused-ring (bicyclic) bond motifs is 1. The Morgan fingerprint density at radius 1 is 1.24 bits per heavy atom. The summed E-state index contributed by atoms with van der Waals surface area (Å²) in [5.74, 6) is -2.11. The van der Waals surface area contributed by atoms with Crippen LogP contribution in [0.1, 0.15) is 6.42 Å². The number of rotatable bonds is 8. The van der Waals surface area contributed by atoms with Gasteiger partial charge in [0.1, 0.15) is 18.1 Å². The van der Waals surface area contributed by atoms with Crippen LogP contribution in [0, 0.1) is 11.6 Å². The molecule has 0 radical (unpaired) electrons. The molecule has 3 aromatic rings. The lowest BCUT2D eigenvalue weighted by Gasteiger charge is -2.16. The fraction of sp³-hybridized carbons (Fsp3) is 0.391. The van der Waals surface area contributed by atoms with Gasteiger partial charge < -0.3 is 24.1 Å². The largest absolute Gasteiger partial charge is 0.465 e. The summed E-state index contributed by atoms with van der Waals surface area (Å²) >= 11 is 6.43. The molecule has 0 fully saturated rings. The SMILES string of the molecule is C[Si](C)(C)CCOCn1cc(Cl)c2c(Oc3c(F)cc(NC4=NCCCO4)cc3F)ccnc21. The average molecular weight is 509 g/mol. The maximum atomic E-state index is 14.8. The molecule has 0 saturated carbocycles. The van der Waals surface area contributed by atoms with Crippen LogP contribution in [0.2, 0.25) is 30.7 Å². The first-order chi connectivity index (χ1) is 16.2. The smallest absolute Gasteiger partial charge is 0.289 e. The van der Waals surface area contributed by atoms with Crippen LogP contribution in [0.4, 0.5) is 14.5 Å². The molecule has 0 saturated heterocycles. The predicted octanol–water partition coefficient (Wildman–Crippen LogP) is 6.26. The first kappa shape index (κ1) is 24.4. The molecule has 1 aliphatic heterocycles. The number of amidine groups is 1. The van der Waals surface area contributed by atoms with E-state index in [1.807, 2.05) is 0 Å². The highest BCUT2D eigenvalue weighted by atomic mass is 35.5. The van der Waals surface area contributed by atoms with E-state index in [-0.39, 0.29) is 24.2 Å². The van der Waals surface area contributed by atoms with Gasteiger partial charge in [0.15, 0.2) is 17.4 Å². The van der Waals surface area contributed by atoms with E-state index in [2.05, 4.69) is 34.9 Å². The van der Waals surface area contributed by atoms with Gasteiger partial charge in [0.05, 0.1) is 17.0 Å². The molecule has 34 heavy (non-hydrogen) atoms. The van der Waals surface area contributed by atoms with Gasteiger partial charge in [0.25, 0.3) is 6.02 Å². The molecular formula is C23H27ClF2N4O3Si. The molecule has 0 unspecified atom stereocenters. The van der Waals surface area contributed by atoms with E-state index in [1.165, 1.54) is 12.3 Å². The van der Waals surface area contributed by atoms with Gasteiger partial charge in [-0.25, -0.2) is 18.8 Å². The van der Waals surface area contributed by atoms with Gasteiger partial charge in [-0.3, -0.25) is 0 Å². The molecular weight excluding hydrogens is 482 g/mol. The molecule has 4 rings (SSSR count). The fourth-order valence-electron chi connectivity index (χ4n) is 3.36. The monoisotopic (exact) mass is 508 g/mol. The molecule has 1 aromatic carbocycles. The van der Waals surface area contributed by atoms with E-state index in [4.69, 9.17) is 25.8 Å². The summed E-state index contributed by atoms with van der Waals surface area (Å²) in [6, 6.07) is 5.02. The van der Waals surface area contributed by atoms with Gasteiger partial charge in [-0.15, -0.1) is 0 Å². The van der Waals surface area contributed by atoms with Crippen molar-refractivity contribution >= 4 is 42.4 Å².